The van der Waals surface area contributed by atoms with Gasteiger partial charge in [-0.1, -0.05) is 6.07 Å². The van der Waals surface area contributed by atoms with Gasteiger partial charge in [-0.2, -0.15) is 0 Å². The van der Waals surface area contributed by atoms with Crippen molar-refractivity contribution in [3.05, 3.63) is 34.9 Å². The summed E-state index contributed by atoms with van der Waals surface area (Å²) in [6, 6.07) is 6.36. The molecule has 1 saturated heterocycles. The van der Waals surface area contributed by atoms with Gasteiger partial charge in [0.15, 0.2) is 0 Å². The Balaban J connectivity index is 2.08. The SMILES string of the molecule is Cc1ccc(C(=O)N(C)C2CCN(C)CC2)cc1C. The molecule has 0 saturated carbocycles. The van der Waals surface area contributed by atoms with Crippen molar-refractivity contribution in [2.45, 2.75) is 32.7 Å². The molecule has 104 valence electrons. The number of benzene rings is 1. The average Bonchev–Trinajstić information content (AvgIpc) is 2.41. The van der Waals surface area contributed by atoms with Gasteiger partial charge in [-0.05, 0) is 70.1 Å². The number of likely N-dealkylation sites (tertiary alicyclic amines) is 1. The fraction of sp³-hybridized carbons (Fsp3) is 0.562. The molecule has 1 heterocycles. The zero-order chi connectivity index (χ0) is 14.0. The number of aryl methyl sites for hydroxylation is 2. The molecule has 0 unspecified atom stereocenters. The highest BCUT2D eigenvalue weighted by Crippen LogP contribution is 2.18. The molecule has 2 rings (SSSR count). The first kappa shape index (κ1) is 14.1. The van der Waals surface area contributed by atoms with Crippen LogP contribution in [0.5, 0.6) is 0 Å². The predicted octanol–water partition coefficient (Wildman–Crippen LogP) is 2.47. The van der Waals surface area contributed by atoms with Gasteiger partial charge in [0, 0.05) is 18.7 Å². The Labute approximate surface area is 116 Å². The molecule has 1 aliphatic heterocycles. The molecule has 0 N–H and O–H groups in total. The molecular formula is C16H24N2O. The van der Waals surface area contributed by atoms with E-state index in [-0.39, 0.29) is 5.91 Å². The standard InChI is InChI=1S/C16H24N2O/c1-12-5-6-14(11-13(12)2)16(19)18(4)15-7-9-17(3)10-8-15/h5-6,11,15H,7-10H2,1-4H3. The third-order valence-corrected chi connectivity index (χ3v) is 4.31. The van der Waals surface area contributed by atoms with Crippen LogP contribution in [0.2, 0.25) is 0 Å². The molecular weight excluding hydrogens is 236 g/mol. The number of hydrogen-bond acceptors (Lipinski definition) is 2. The minimum absolute atomic E-state index is 0.151. The molecule has 0 aliphatic carbocycles. The van der Waals surface area contributed by atoms with Gasteiger partial charge in [-0.15, -0.1) is 0 Å². The van der Waals surface area contributed by atoms with E-state index in [1.807, 2.05) is 30.1 Å². The van der Waals surface area contributed by atoms with Gasteiger partial charge in [-0.25, -0.2) is 0 Å². The van der Waals surface area contributed by atoms with Crippen LogP contribution < -0.4 is 0 Å². The highest BCUT2D eigenvalue weighted by atomic mass is 16.2. The predicted molar refractivity (Wildman–Crippen MR) is 78.5 cm³/mol. The van der Waals surface area contributed by atoms with Crippen molar-refractivity contribution in [2.24, 2.45) is 0 Å². The molecule has 0 atom stereocenters. The van der Waals surface area contributed by atoms with E-state index in [0.717, 1.165) is 31.5 Å². The van der Waals surface area contributed by atoms with Crippen LogP contribution in [0.3, 0.4) is 0 Å². The van der Waals surface area contributed by atoms with Crippen LogP contribution in [-0.2, 0) is 0 Å². The Hall–Kier alpha value is -1.35. The zero-order valence-electron chi connectivity index (χ0n) is 12.4. The van der Waals surface area contributed by atoms with Crippen LogP contribution >= 0.6 is 0 Å². The summed E-state index contributed by atoms with van der Waals surface area (Å²) in [4.78, 5) is 16.8. The van der Waals surface area contributed by atoms with Crippen molar-refractivity contribution in [1.29, 1.82) is 0 Å². The van der Waals surface area contributed by atoms with Gasteiger partial charge < -0.3 is 9.80 Å². The maximum Gasteiger partial charge on any atom is 0.253 e. The Morgan fingerprint density at radius 2 is 1.84 bits per heavy atom. The number of hydrogen-bond donors (Lipinski definition) is 0. The topological polar surface area (TPSA) is 23.6 Å². The van der Waals surface area contributed by atoms with Crippen LogP contribution in [0, 0.1) is 13.8 Å². The highest BCUT2D eigenvalue weighted by molar-refractivity contribution is 5.94. The molecule has 0 aromatic heterocycles. The van der Waals surface area contributed by atoms with E-state index in [1.54, 1.807) is 0 Å². The van der Waals surface area contributed by atoms with Crippen LogP contribution in [-0.4, -0.2) is 48.9 Å². The second-order valence-corrected chi connectivity index (χ2v) is 5.75. The van der Waals surface area contributed by atoms with Crippen LogP contribution in [0.4, 0.5) is 0 Å². The van der Waals surface area contributed by atoms with Gasteiger partial charge >= 0.3 is 0 Å². The third kappa shape index (κ3) is 3.16. The van der Waals surface area contributed by atoms with E-state index in [4.69, 9.17) is 0 Å². The number of nitrogens with zero attached hydrogens (tertiary/aromatic N) is 2. The Morgan fingerprint density at radius 3 is 2.42 bits per heavy atom. The van der Waals surface area contributed by atoms with Crippen molar-refractivity contribution in [1.82, 2.24) is 9.80 Å². The molecule has 1 aromatic rings. The van der Waals surface area contributed by atoms with E-state index < -0.39 is 0 Å². The molecule has 1 aromatic carbocycles. The summed E-state index contributed by atoms with van der Waals surface area (Å²) in [6.07, 6.45) is 2.15. The third-order valence-electron chi connectivity index (χ3n) is 4.31. The first-order chi connectivity index (χ1) is 8.99. The van der Waals surface area contributed by atoms with Crippen LogP contribution in [0.1, 0.15) is 34.3 Å². The summed E-state index contributed by atoms with van der Waals surface area (Å²) >= 11 is 0. The summed E-state index contributed by atoms with van der Waals surface area (Å²) < 4.78 is 0. The van der Waals surface area contributed by atoms with Gasteiger partial charge in [0.2, 0.25) is 0 Å². The molecule has 1 fully saturated rings. The molecule has 3 nitrogen and oxygen atoms in total. The lowest BCUT2D eigenvalue weighted by Gasteiger charge is -2.35. The maximum absolute atomic E-state index is 12.5. The maximum atomic E-state index is 12.5. The lowest BCUT2D eigenvalue weighted by Crippen LogP contribution is -2.44. The van der Waals surface area contributed by atoms with Crippen molar-refractivity contribution in [2.75, 3.05) is 27.2 Å². The fourth-order valence-corrected chi connectivity index (χ4v) is 2.63. The van der Waals surface area contributed by atoms with E-state index in [0.29, 0.717) is 6.04 Å². The minimum Gasteiger partial charge on any atom is -0.339 e. The molecule has 0 bridgehead atoms. The first-order valence-corrected chi connectivity index (χ1v) is 7.02. The quantitative estimate of drug-likeness (QED) is 0.815. The molecule has 19 heavy (non-hydrogen) atoms. The van der Waals surface area contributed by atoms with Crippen molar-refractivity contribution in [3.8, 4) is 0 Å². The number of carbonyl (C=O) groups excluding carboxylic acids is 1. The summed E-state index contributed by atoms with van der Waals surface area (Å²) in [7, 11) is 4.08. The van der Waals surface area contributed by atoms with E-state index in [2.05, 4.69) is 25.8 Å². The fourth-order valence-electron chi connectivity index (χ4n) is 2.63. The van der Waals surface area contributed by atoms with Gasteiger partial charge in [0.25, 0.3) is 5.91 Å². The summed E-state index contributed by atoms with van der Waals surface area (Å²) in [6.45, 7) is 6.29. The van der Waals surface area contributed by atoms with Crippen molar-refractivity contribution in [3.63, 3.8) is 0 Å². The molecule has 0 radical (unpaired) electrons. The zero-order valence-corrected chi connectivity index (χ0v) is 12.4. The number of rotatable bonds is 2. The Kier molecular flexibility index (Phi) is 4.25. The van der Waals surface area contributed by atoms with Crippen molar-refractivity contribution < 1.29 is 4.79 Å². The lowest BCUT2D eigenvalue weighted by molar-refractivity contribution is 0.0659. The van der Waals surface area contributed by atoms with Crippen molar-refractivity contribution >= 4 is 5.91 Å². The highest BCUT2D eigenvalue weighted by Gasteiger charge is 2.24. The lowest BCUT2D eigenvalue weighted by atomic mass is 10.0. The molecule has 1 aliphatic rings. The summed E-state index contributed by atoms with van der Waals surface area (Å²) in [5, 5.41) is 0. The van der Waals surface area contributed by atoms with Gasteiger partial charge in [0.05, 0.1) is 0 Å². The average molecular weight is 260 g/mol. The minimum atomic E-state index is 0.151. The second-order valence-electron chi connectivity index (χ2n) is 5.75. The monoisotopic (exact) mass is 260 g/mol. The van der Waals surface area contributed by atoms with Gasteiger partial charge in [-0.3, -0.25) is 4.79 Å². The Morgan fingerprint density at radius 1 is 1.21 bits per heavy atom. The van der Waals surface area contributed by atoms with E-state index in [1.165, 1.54) is 11.1 Å². The number of amides is 1. The number of piperidine rings is 1. The first-order valence-electron chi connectivity index (χ1n) is 7.02. The van der Waals surface area contributed by atoms with Gasteiger partial charge in [0.1, 0.15) is 0 Å². The molecule has 0 spiro atoms. The number of carbonyl (C=O) groups is 1. The largest absolute Gasteiger partial charge is 0.339 e. The van der Waals surface area contributed by atoms with Crippen LogP contribution in [0.25, 0.3) is 0 Å². The Bertz CT molecular complexity index is 462. The van der Waals surface area contributed by atoms with Crippen LogP contribution in [0.15, 0.2) is 18.2 Å². The van der Waals surface area contributed by atoms with E-state index >= 15 is 0 Å². The smallest absolute Gasteiger partial charge is 0.253 e. The second kappa shape index (κ2) is 5.74. The summed E-state index contributed by atoms with van der Waals surface area (Å²) in [5.41, 5.74) is 3.23. The summed E-state index contributed by atoms with van der Waals surface area (Å²) in [5.74, 6) is 0.151. The molecule has 3 heteroatoms. The normalized spacial score (nSPS) is 17.5. The molecule has 1 amide bonds. The van der Waals surface area contributed by atoms with E-state index in [9.17, 15) is 4.79 Å².